The molecule has 2 heterocycles. The third-order valence-electron chi connectivity index (χ3n) is 5.72. The first kappa shape index (κ1) is 21.9. The molecule has 1 saturated heterocycles. The van der Waals surface area contributed by atoms with Crippen LogP contribution in [0.15, 0.2) is 36.4 Å². The highest BCUT2D eigenvalue weighted by Gasteiger charge is 2.32. The highest BCUT2D eigenvalue weighted by Crippen LogP contribution is 2.44. The van der Waals surface area contributed by atoms with Gasteiger partial charge in [0.2, 0.25) is 0 Å². The maximum absolute atomic E-state index is 14.6. The van der Waals surface area contributed by atoms with Crippen molar-refractivity contribution in [3.63, 3.8) is 0 Å². The number of para-hydroxylation sites is 1. The summed E-state index contributed by atoms with van der Waals surface area (Å²) in [6, 6.07) is 12.1. The van der Waals surface area contributed by atoms with E-state index in [4.69, 9.17) is 19.5 Å². The summed E-state index contributed by atoms with van der Waals surface area (Å²) in [5.41, 5.74) is 1.11. The second kappa shape index (κ2) is 8.70. The van der Waals surface area contributed by atoms with Crippen molar-refractivity contribution in [1.82, 2.24) is 4.90 Å². The zero-order valence-corrected chi connectivity index (χ0v) is 18.6. The van der Waals surface area contributed by atoms with Crippen LogP contribution in [0.25, 0.3) is 0 Å². The van der Waals surface area contributed by atoms with Crippen LogP contribution in [0.1, 0.15) is 62.3 Å². The number of rotatable bonds is 2. The lowest BCUT2D eigenvalue weighted by Crippen LogP contribution is -2.41. The molecule has 1 fully saturated rings. The molecule has 0 unspecified atom stereocenters. The summed E-state index contributed by atoms with van der Waals surface area (Å²) in [5, 5.41) is 8.98. The molecule has 0 bridgehead atoms. The van der Waals surface area contributed by atoms with Crippen LogP contribution in [-0.2, 0) is 4.74 Å². The van der Waals surface area contributed by atoms with Crippen LogP contribution in [0, 0.1) is 17.1 Å². The second-order valence-corrected chi connectivity index (χ2v) is 9.18. The van der Waals surface area contributed by atoms with Crippen molar-refractivity contribution < 1.29 is 23.4 Å². The van der Waals surface area contributed by atoms with Gasteiger partial charge in [-0.15, -0.1) is 0 Å². The van der Waals surface area contributed by atoms with Gasteiger partial charge < -0.3 is 19.1 Å². The first-order valence-electron chi connectivity index (χ1n) is 10.8. The van der Waals surface area contributed by atoms with Crippen molar-refractivity contribution in [2.45, 2.75) is 51.2 Å². The van der Waals surface area contributed by atoms with Crippen molar-refractivity contribution in [2.75, 3.05) is 19.7 Å². The van der Waals surface area contributed by atoms with E-state index in [1.54, 1.807) is 17.0 Å². The molecule has 0 N–H and O–H groups in total. The van der Waals surface area contributed by atoms with E-state index in [2.05, 4.69) is 0 Å². The van der Waals surface area contributed by atoms with Gasteiger partial charge in [-0.3, -0.25) is 0 Å². The van der Waals surface area contributed by atoms with Crippen molar-refractivity contribution in [3.05, 3.63) is 58.9 Å². The third kappa shape index (κ3) is 4.64. The molecule has 7 heteroatoms. The van der Waals surface area contributed by atoms with E-state index in [0.717, 1.165) is 18.4 Å². The molecule has 1 atom stereocenters. The Hall–Kier alpha value is -3.27. The Kier molecular flexibility index (Phi) is 5.96. The van der Waals surface area contributed by atoms with Crippen LogP contribution in [-0.4, -0.2) is 36.3 Å². The number of nitriles is 1. The van der Waals surface area contributed by atoms with Crippen LogP contribution in [0.5, 0.6) is 11.5 Å². The molecule has 0 radical (unpaired) electrons. The van der Waals surface area contributed by atoms with Crippen LogP contribution >= 0.6 is 0 Å². The molecular weight excluding hydrogens is 411 g/mol. The quantitative estimate of drug-likeness (QED) is 0.634. The largest absolute Gasteiger partial charge is 0.485 e. The molecular formula is C25H27FN2O4. The Morgan fingerprint density at radius 3 is 2.59 bits per heavy atom. The van der Waals surface area contributed by atoms with E-state index in [1.165, 1.54) is 6.07 Å². The van der Waals surface area contributed by atoms with Gasteiger partial charge in [0.15, 0.2) is 17.6 Å². The lowest BCUT2D eigenvalue weighted by Gasteiger charge is -2.35. The Morgan fingerprint density at radius 2 is 1.94 bits per heavy atom. The summed E-state index contributed by atoms with van der Waals surface area (Å²) < 4.78 is 32.2. The van der Waals surface area contributed by atoms with Gasteiger partial charge in [-0.1, -0.05) is 18.2 Å². The molecule has 2 aliphatic rings. The molecule has 2 aromatic carbocycles. The first-order chi connectivity index (χ1) is 15.2. The number of likely N-dealkylation sites (tertiary alicyclic amines) is 1. The minimum absolute atomic E-state index is 0.191. The Labute approximate surface area is 187 Å². The van der Waals surface area contributed by atoms with Crippen molar-refractivity contribution in [3.8, 4) is 17.6 Å². The highest BCUT2D eigenvalue weighted by atomic mass is 19.1. The number of hydrogen-bond donors (Lipinski definition) is 0. The van der Waals surface area contributed by atoms with Crippen LogP contribution in [0.3, 0.4) is 0 Å². The van der Waals surface area contributed by atoms with Gasteiger partial charge >= 0.3 is 6.09 Å². The molecule has 0 saturated carbocycles. The van der Waals surface area contributed by atoms with Gasteiger partial charge in [-0.25, -0.2) is 9.18 Å². The molecule has 168 valence electrons. The molecule has 1 amide bonds. The minimum Gasteiger partial charge on any atom is -0.485 e. The molecule has 32 heavy (non-hydrogen) atoms. The summed E-state index contributed by atoms with van der Waals surface area (Å²) in [5.74, 6) is 0.978. The SMILES string of the molecule is CC(C)(C)OC(=O)N1CCC(c2cccc3c2O[C@H](c2ccc(C#N)cc2F)CO3)CC1. The minimum atomic E-state index is -0.599. The van der Waals surface area contributed by atoms with E-state index < -0.39 is 17.5 Å². The Bertz CT molecular complexity index is 1050. The Balaban J connectivity index is 1.50. The summed E-state index contributed by atoms with van der Waals surface area (Å²) in [6.07, 6.45) is 0.657. The monoisotopic (exact) mass is 438 g/mol. The normalized spacial score (nSPS) is 18.7. The average Bonchev–Trinajstić information content (AvgIpc) is 2.77. The van der Waals surface area contributed by atoms with Gasteiger partial charge in [0, 0.05) is 24.2 Å². The fourth-order valence-electron chi connectivity index (χ4n) is 4.15. The molecule has 2 aromatic rings. The maximum atomic E-state index is 14.6. The van der Waals surface area contributed by atoms with Gasteiger partial charge in [0.1, 0.15) is 18.0 Å². The molecule has 0 spiro atoms. The first-order valence-corrected chi connectivity index (χ1v) is 10.8. The fourth-order valence-corrected chi connectivity index (χ4v) is 4.15. The number of nitrogens with zero attached hydrogens (tertiary/aromatic N) is 2. The van der Waals surface area contributed by atoms with Crippen molar-refractivity contribution in [1.29, 1.82) is 5.26 Å². The fraction of sp³-hybridized carbons (Fsp3) is 0.440. The van der Waals surface area contributed by atoms with Crippen LogP contribution in [0.2, 0.25) is 0 Å². The standard InChI is InChI=1S/C25H27FN2O4/c1-25(2,3)32-24(29)28-11-9-17(10-12-28)18-5-4-6-21-23(18)31-22(15-30-21)19-8-7-16(14-27)13-20(19)26/h4-8,13,17,22H,9-12,15H2,1-3H3/t22-/m0/s1. The number of ether oxygens (including phenoxy) is 3. The number of halogens is 1. The number of amides is 1. The zero-order valence-electron chi connectivity index (χ0n) is 18.6. The number of carbonyl (C=O) groups excluding carboxylic acids is 1. The van der Waals surface area contributed by atoms with E-state index >= 15 is 0 Å². The second-order valence-electron chi connectivity index (χ2n) is 9.18. The van der Waals surface area contributed by atoms with Crippen LogP contribution in [0.4, 0.5) is 9.18 Å². The smallest absolute Gasteiger partial charge is 0.410 e. The molecule has 0 aromatic heterocycles. The van der Waals surface area contributed by atoms with Crippen LogP contribution < -0.4 is 9.47 Å². The van der Waals surface area contributed by atoms with Crippen molar-refractivity contribution in [2.24, 2.45) is 0 Å². The van der Waals surface area contributed by atoms with Gasteiger partial charge in [0.05, 0.1) is 11.6 Å². The van der Waals surface area contributed by atoms with Gasteiger partial charge in [0.25, 0.3) is 0 Å². The lowest BCUT2D eigenvalue weighted by molar-refractivity contribution is 0.0203. The number of hydrogen-bond acceptors (Lipinski definition) is 5. The lowest BCUT2D eigenvalue weighted by atomic mass is 9.88. The summed E-state index contributed by atoms with van der Waals surface area (Å²) >= 11 is 0. The number of benzene rings is 2. The molecule has 2 aliphatic heterocycles. The molecule has 6 nitrogen and oxygen atoms in total. The van der Waals surface area contributed by atoms with Crippen molar-refractivity contribution >= 4 is 6.09 Å². The summed E-state index contributed by atoms with van der Waals surface area (Å²) in [6.45, 7) is 6.96. The van der Waals surface area contributed by atoms with Gasteiger partial charge in [-0.05, 0) is 57.7 Å². The van der Waals surface area contributed by atoms with E-state index in [0.29, 0.717) is 30.2 Å². The summed E-state index contributed by atoms with van der Waals surface area (Å²) in [4.78, 5) is 14.1. The van der Waals surface area contributed by atoms with Gasteiger partial charge in [-0.2, -0.15) is 5.26 Å². The third-order valence-corrected chi connectivity index (χ3v) is 5.72. The topological polar surface area (TPSA) is 71.8 Å². The van der Waals surface area contributed by atoms with E-state index in [1.807, 2.05) is 45.0 Å². The molecule has 0 aliphatic carbocycles. The molecule has 4 rings (SSSR count). The highest BCUT2D eigenvalue weighted by molar-refractivity contribution is 5.68. The zero-order chi connectivity index (χ0) is 22.9. The Morgan fingerprint density at radius 1 is 1.19 bits per heavy atom. The average molecular weight is 438 g/mol. The summed E-state index contributed by atoms with van der Waals surface area (Å²) in [7, 11) is 0. The van der Waals surface area contributed by atoms with E-state index in [-0.39, 0.29) is 24.2 Å². The van der Waals surface area contributed by atoms with E-state index in [9.17, 15) is 9.18 Å². The number of carbonyl (C=O) groups is 1. The number of piperidine rings is 1. The number of fused-ring (bicyclic) bond motifs is 1. The predicted octanol–water partition coefficient (Wildman–Crippen LogP) is 5.32. The predicted molar refractivity (Wildman–Crippen MR) is 116 cm³/mol. The maximum Gasteiger partial charge on any atom is 0.410 e.